The molecule has 3 heterocycles. The molecule has 1 aliphatic rings. The number of halogens is 3. The van der Waals surface area contributed by atoms with Crippen molar-refractivity contribution in [3.8, 4) is 0 Å². The molecule has 0 aliphatic carbocycles. The van der Waals surface area contributed by atoms with Crippen molar-refractivity contribution in [2.24, 2.45) is 0 Å². The summed E-state index contributed by atoms with van der Waals surface area (Å²) in [4.78, 5) is 7.52. The highest BCUT2D eigenvalue weighted by atomic mass is 35.5. The maximum absolute atomic E-state index is 12.2. The van der Waals surface area contributed by atoms with E-state index in [1.165, 1.54) is 10.9 Å². The molecule has 4 nitrogen and oxygen atoms in total. The first-order valence-corrected chi connectivity index (χ1v) is 8.02. The minimum atomic E-state index is -2.71. The van der Waals surface area contributed by atoms with Crippen LogP contribution in [0.25, 0.3) is 21.9 Å². The van der Waals surface area contributed by atoms with Gasteiger partial charge in [0, 0.05) is 35.5 Å². The second-order valence-electron chi connectivity index (χ2n) is 6.07. The summed E-state index contributed by atoms with van der Waals surface area (Å²) >= 11 is 5.94. The van der Waals surface area contributed by atoms with Gasteiger partial charge in [-0.3, -0.25) is 0 Å². The number of H-pyrrole nitrogens is 1. The zero-order chi connectivity index (χ0) is 17.3. The van der Waals surface area contributed by atoms with Crippen LogP contribution in [0.2, 0.25) is 5.02 Å². The summed E-state index contributed by atoms with van der Waals surface area (Å²) in [6.45, 7) is 2.07. The van der Waals surface area contributed by atoms with Crippen molar-refractivity contribution in [3.05, 3.63) is 41.0 Å². The molecule has 0 bridgehead atoms. The van der Waals surface area contributed by atoms with Gasteiger partial charge in [-0.05, 0) is 25.1 Å². The normalized spacial score (nSPS) is 20.0. The number of β-amino-alcohol motifs (C(OH)–C–C–N with tert-alkyl or cyclic N) is 1. The van der Waals surface area contributed by atoms with E-state index in [2.05, 4.69) is 40.4 Å². The van der Waals surface area contributed by atoms with Crippen LogP contribution < -0.4 is 5.32 Å². The van der Waals surface area contributed by atoms with Gasteiger partial charge in [-0.25, -0.2) is 13.8 Å². The molecule has 0 radical (unpaired) electrons. The highest BCUT2D eigenvalue weighted by molar-refractivity contribution is 6.31. The molecule has 4 rings (SSSR count). The van der Waals surface area contributed by atoms with Gasteiger partial charge in [0.05, 0.1) is 17.7 Å². The van der Waals surface area contributed by atoms with Crippen molar-refractivity contribution in [2.75, 3.05) is 13.1 Å². The monoisotopic (exact) mass is 353 g/mol. The van der Waals surface area contributed by atoms with E-state index in [0.717, 1.165) is 16.6 Å². The number of hydrogen-bond acceptors (Lipinski definition) is 3. The molecule has 24 heavy (non-hydrogen) atoms. The molecular weight excluding hydrogens is 336 g/mol. The third-order valence-corrected chi connectivity index (χ3v) is 4.08. The fraction of sp³-hybridized carbons (Fsp3) is 0.353. The van der Waals surface area contributed by atoms with Crippen molar-refractivity contribution in [1.29, 1.82) is 0 Å². The van der Waals surface area contributed by atoms with Crippen LogP contribution in [0.1, 0.15) is 12.0 Å². The van der Waals surface area contributed by atoms with E-state index in [1.54, 1.807) is 6.20 Å². The number of nitrogens with one attached hydrogen (secondary N) is 2. The molecule has 1 fully saturated rings. The average molecular weight is 354 g/mol. The van der Waals surface area contributed by atoms with E-state index in [0.29, 0.717) is 5.02 Å². The quantitative estimate of drug-likeness (QED) is 0.578. The van der Waals surface area contributed by atoms with Crippen LogP contribution in [-0.4, -0.2) is 40.2 Å². The fourth-order valence-corrected chi connectivity index (χ4v) is 2.93. The van der Waals surface area contributed by atoms with Crippen molar-refractivity contribution in [2.45, 2.75) is 25.4 Å². The number of hydrogen-bond donors (Lipinski definition) is 3. The minimum absolute atomic E-state index is 0.287. The first kappa shape index (κ1) is 17.1. The number of fused-ring (bicyclic) bond motifs is 3. The molecule has 1 saturated heterocycles. The highest BCUT2D eigenvalue weighted by Crippen LogP contribution is 2.26. The van der Waals surface area contributed by atoms with Crippen LogP contribution in [0.15, 0.2) is 30.5 Å². The number of aromatic amines is 1. The molecule has 2 aromatic heterocycles. The molecule has 7 heteroatoms. The number of alkyl halides is 2. The smallest absolute Gasteiger partial charge is 0.262 e. The summed E-state index contributed by atoms with van der Waals surface area (Å²) in [6.07, 6.45) is 0.375. The number of aliphatic hydroxyl groups excluding tert-OH is 1. The maximum Gasteiger partial charge on any atom is 0.262 e. The maximum atomic E-state index is 12.2. The van der Waals surface area contributed by atoms with E-state index in [1.807, 2.05) is 6.07 Å². The number of aromatic nitrogens is 2. The van der Waals surface area contributed by atoms with E-state index >= 15 is 0 Å². The van der Waals surface area contributed by atoms with Gasteiger partial charge < -0.3 is 15.4 Å². The Morgan fingerprint density at radius 3 is 2.75 bits per heavy atom. The second-order valence-corrected chi connectivity index (χ2v) is 6.50. The second kappa shape index (κ2) is 6.63. The Labute approximate surface area is 142 Å². The standard InChI is InChI=1S/C12H9ClN2.C5H9F2NO/c1-7-2-3-11-9(4-7)10-5-8(13)6-14-12(10)15-11;6-5(7)1-4(9)2-8-3-5/h2-6H,1H3,(H,14,15);4,8-9H,1-3H2/t;4-/m.0/s1. The third-order valence-electron chi connectivity index (χ3n) is 3.87. The molecule has 1 aromatic carbocycles. The summed E-state index contributed by atoms with van der Waals surface area (Å²) in [5.41, 5.74) is 3.23. The zero-order valence-corrected chi connectivity index (χ0v) is 13.9. The van der Waals surface area contributed by atoms with Crippen LogP contribution in [0.4, 0.5) is 8.78 Å². The molecule has 128 valence electrons. The number of benzene rings is 1. The first-order valence-electron chi connectivity index (χ1n) is 7.64. The van der Waals surface area contributed by atoms with Gasteiger partial charge in [0.1, 0.15) is 5.65 Å². The molecule has 1 atom stereocenters. The summed E-state index contributed by atoms with van der Waals surface area (Å²) in [6, 6.07) is 8.24. The number of aliphatic hydroxyl groups is 1. The summed E-state index contributed by atoms with van der Waals surface area (Å²) in [7, 11) is 0. The Balaban J connectivity index is 0.000000162. The lowest BCUT2D eigenvalue weighted by Crippen LogP contribution is -2.46. The lowest BCUT2D eigenvalue weighted by Gasteiger charge is -2.26. The summed E-state index contributed by atoms with van der Waals surface area (Å²) < 4.78 is 24.5. The third kappa shape index (κ3) is 3.83. The van der Waals surface area contributed by atoms with Crippen LogP contribution >= 0.6 is 11.6 Å². The largest absolute Gasteiger partial charge is 0.392 e. The molecule has 0 amide bonds. The number of nitrogens with zero attached hydrogens (tertiary/aromatic N) is 1. The van der Waals surface area contributed by atoms with Gasteiger partial charge in [0.25, 0.3) is 5.92 Å². The Hall–Kier alpha value is -1.76. The minimum Gasteiger partial charge on any atom is -0.392 e. The summed E-state index contributed by atoms with van der Waals surface area (Å²) in [5, 5.41) is 14.1. The average Bonchev–Trinajstić information content (AvgIpc) is 2.84. The van der Waals surface area contributed by atoms with Crippen molar-refractivity contribution >= 4 is 33.5 Å². The Morgan fingerprint density at radius 1 is 1.29 bits per heavy atom. The molecule has 0 saturated carbocycles. The van der Waals surface area contributed by atoms with Gasteiger partial charge >= 0.3 is 0 Å². The van der Waals surface area contributed by atoms with Crippen LogP contribution in [0.5, 0.6) is 0 Å². The lowest BCUT2D eigenvalue weighted by molar-refractivity contribution is -0.0630. The molecule has 0 unspecified atom stereocenters. The van der Waals surface area contributed by atoms with E-state index in [9.17, 15) is 8.78 Å². The number of piperidine rings is 1. The van der Waals surface area contributed by atoms with Gasteiger partial charge in [-0.15, -0.1) is 0 Å². The summed E-state index contributed by atoms with van der Waals surface area (Å²) in [5.74, 6) is -2.71. The van der Waals surface area contributed by atoms with E-state index < -0.39 is 18.4 Å². The van der Waals surface area contributed by atoms with Crippen LogP contribution in [0.3, 0.4) is 0 Å². The zero-order valence-electron chi connectivity index (χ0n) is 13.1. The van der Waals surface area contributed by atoms with Gasteiger partial charge in [0.2, 0.25) is 0 Å². The van der Waals surface area contributed by atoms with E-state index in [-0.39, 0.29) is 13.1 Å². The Bertz CT molecular complexity index is 809. The topological polar surface area (TPSA) is 60.9 Å². The SMILES string of the molecule is Cc1ccc2[nH]c3ncc(Cl)cc3c2c1.O[C@@H]1CNCC(F)(F)C1. The Morgan fingerprint density at radius 2 is 2.08 bits per heavy atom. The highest BCUT2D eigenvalue weighted by Gasteiger charge is 2.35. The predicted molar refractivity (Wildman–Crippen MR) is 91.8 cm³/mol. The van der Waals surface area contributed by atoms with Crippen molar-refractivity contribution < 1.29 is 13.9 Å². The van der Waals surface area contributed by atoms with Crippen LogP contribution in [0, 0.1) is 6.92 Å². The fourth-order valence-electron chi connectivity index (χ4n) is 2.77. The molecular formula is C17H18ClF2N3O. The van der Waals surface area contributed by atoms with Gasteiger partial charge in [-0.1, -0.05) is 23.2 Å². The van der Waals surface area contributed by atoms with E-state index in [4.69, 9.17) is 16.7 Å². The lowest BCUT2D eigenvalue weighted by atomic mass is 10.1. The first-order chi connectivity index (χ1) is 11.3. The van der Waals surface area contributed by atoms with Crippen molar-refractivity contribution in [1.82, 2.24) is 15.3 Å². The van der Waals surface area contributed by atoms with Gasteiger partial charge in [-0.2, -0.15) is 0 Å². The molecule has 3 aromatic rings. The van der Waals surface area contributed by atoms with Crippen LogP contribution in [-0.2, 0) is 0 Å². The van der Waals surface area contributed by atoms with Gasteiger partial charge in [0.15, 0.2) is 0 Å². The molecule has 0 spiro atoms. The number of rotatable bonds is 0. The molecule has 1 aliphatic heterocycles. The number of pyridine rings is 1. The predicted octanol–water partition coefficient (Wildman–Crippen LogP) is 3.65. The van der Waals surface area contributed by atoms with Crippen molar-refractivity contribution in [3.63, 3.8) is 0 Å². The Kier molecular flexibility index (Phi) is 4.71. The molecule has 3 N–H and O–H groups in total. The number of aryl methyl sites for hydroxylation is 1.